The number of likely N-dealkylation sites (tertiary alicyclic amines) is 1. The molecule has 2 aliphatic heterocycles. The van der Waals surface area contributed by atoms with Crippen molar-refractivity contribution in [3.8, 4) is 11.5 Å². The minimum atomic E-state index is -0.455. The maximum Gasteiger partial charge on any atom is 0.294 e. The third-order valence-electron chi connectivity index (χ3n) is 4.75. The standard InChI is InChI=1S/C21H26N2O5S/c1-14(2)28-19-15(8-7-9-16(19)27-3)12-17-20(25)23(21(26)29-17)13-18(24)22-10-5-4-6-11-22/h7-9,12,14H,4-6,10-11,13H2,1-3H3/b17-12-. The van der Waals surface area contributed by atoms with Gasteiger partial charge in [-0.2, -0.15) is 0 Å². The molecule has 7 nitrogen and oxygen atoms in total. The second-order valence-electron chi connectivity index (χ2n) is 7.25. The van der Waals surface area contributed by atoms with Crippen LogP contribution < -0.4 is 9.47 Å². The Bertz CT molecular complexity index is 830. The Morgan fingerprint density at radius 3 is 2.59 bits per heavy atom. The molecule has 0 N–H and O–H groups in total. The number of rotatable bonds is 6. The van der Waals surface area contributed by atoms with Crippen LogP contribution in [0.25, 0.3) is 6.08 Å². The lowest BCUT2D eigenvalue weighted by molar-refractivity contribution is -0.136. The fourth-order valence-corrected chi connectivity index (χ4v) is 4.15. The van der Waals surface area contributed by atoms with Crippen LogP contribution in [0.2, 0.25) is 0 Å². The van der Waals surface area contributed by atoms with Crippen molar-refractivity contribution < 1.29 is 23.9 Å². The normalized spacial score (nSPS) is 18.7. The molecule has 2 heterocycles. The van der Waals surface area contributed by atoms with Crippen LogP contribution in [0.1, 0.15) is 38.7 Å². The minimum Gasteiger partial charge on any atom is -0.493 e. The van der Waals surface area contributed by atoms with Gasteiger partial charge in [-0.1, -0.05) is 12.1 Å². The van der Waals surface area contributed by atoms with Crippen LogP contribution >= 0.6 is 11.8 Å². The van der Waals surface area contributed by atoms with Crippen LogP contribution in [-0.2, 0) is 9.59 Å². The second kappa shape index (κ2) is 9.35. The first-order valence-corrected chi connectivity index (χ1v) is 10.6. The Labute approximate surface area is 175 Å². The number of carbonyl (C=O) groups excluding carboxylic acids is 3. The molecule has 1 aromatic carbocycles. The zero-order chi connectivity index (χ0) is 21.0. The van der Waals surface area contributed by atoms with Gasteiger partial charge in [0.1, 0.15) is 6.54 Å². The Morgan fingerprint density at radius 1 is 1.21 bits per heavy atom. The second-order valence-corrected chi connectivity index (χ2v) is 8.25. The van der Waals surface area contributed by atoms with Crippen molar-refractivity contribution >= 4 is 34.9 Å². The third-order valence-corrected chi connectivity index (χ3v) is 5.65. The third kappa shape index (κ3) is 4.93. The van der Waals surface area contributed by atoms with Crippen LogP contribution in [0.5, 0.6) is 11.5 Å². The quantitative estimate of drug-likeness (QED) is 0.658. The molecule has 0 aromatic heterocycles. The summed E-state index contributed by atoms with van der Waals surface area (Å²) in [6.07, 6.45) is 4.56. The predicted octanol–water partition coefficient (Wildman–Crippen LogP) is 3.53. The number of amides is 3. The van der Waals surface area contributed by atoms with Crippen molar-refractivity contribution in [3.63, 3.8) is 0 Å². The van der Waals surface area contributed by atoms with E-state index in [1.807, 2.05) is 13.8 Å². The Hall–Kier alpha value is -2.48. The molecular weight excluding hydrogens is 392 g/mol. The molecule has 0 atom stereocenters. The maximum absolute atomic E-state index is 12.8. The largest absolute Gasteiger partial charge is 0.493 e. The van der Waals surface area contributed by atoms with Crippen molar-refractivity contribution in [3.05, 3.63) is 28.7 Å². The molecule has 8 heteroatoms. The van der Waals surface area contributed by atoms with Gasteiger partial charge in [-0.15, -0.1) is 0 Å². The fourth-order valence-electron chi connectivity index (χ4n) is 3.33. The summed E-state index contributed by atoms with van der Waals surface area (Å²) in [6, 6.07) is 5.37. The van der Waals surface area contributed by atoms with Crippen LogP contribution in [0.3, 0.4) is 0 Å². The number of imide groups is 1. The number of methoxy groups -OCH3 is 1. The molecule has 156 valence electrons. The first-order chi connectivity index (χ1) is 13.9. The van der Waals surface area contributed by atoms with Gasteiger partial charge >= 0.3 is 0 Å². The number of nitrogens with zero attached hydrogens (tertiary/aromatic N) is 2. The lowest BCUT2D eigenvalue weighted by atomic mass is 10.1. The number of piperidine rings is 1. The van der Waals surface area contributed by atoms with Crippen LogP contribution in [0.4, 0.5) is 4.79 Å². The van der Waals surface area contributed by atoms with E-state index in [1.54, 1.807) is 36.3 Å². The zero-order valence-electron chi connectivity index (χ0n) is 17.0. The summed E-state index contributed by atoms with van der Waals surface area (Å²) in [7, 11) is 1.55. The summed E-state index contributed by atoms with van der Waals surface area (Å²) in [4.78, 5) is 40.7. The van der Waals surface area contributed by atoms with Crippen molar-refractivity contribution in [1.29, 1.82) is 0 Å². The van der Waals surface area contributed by atoms with Crippen molar-refractivity contribution in [2.75, 3.05) is 26.7 Å². The number of para-hydroxylation sites is 1. The molecule has 0 radical (unpaired) electrons. The van der Waals surface area contributed by atoms with Crippen LogP contribution in [-0.4, -0.2) is 59.7 Å². The average Bonchev–Trinajstić information content (AvgIpc) is 2.97. The van der Waals surface area contributed by atoms with Gasteiger partial charge in [0.25, 0.3) is 11.1 Å². The molecule has 0 bridgehead atoms. The highest BCUT2D eigenvalue weighted by Crippen LogP contribution is 2.37. The average molecular weight is 419 g/mol. The van der Waals surface area contributed by atoms with Crippen molar-refractivity contribution in [2.45, 2.75) is 39.2 Å². The number of ether oxygens (including phenoxy) is 2. The lowest BCUT2D eigenvalue weighted by Gasteiger charge is -2.27. The Morgan fingerprint density at radius 2 is 1.93 bits per heavy atom. The predicted molar refractivity (Wildman–Crippen MR) is 112 cm³/mol. The highest BCUT2D eigenvalue weighted by atomic mass is 32.2. The van der Waals surface area contributed by atoms with Crippen LogP contribution in [0, 0.1) is 0 Å². The van der Waals surface area contributed by atoms with Crippen molar-refractivity contribution in [1.82, 2.24) is 9.80 Å². The highest BCUT2D eigenvalue weighted by Gasteiger charge is 2.37. The molecular formula is C21H26N2O5S. The van der Waals surface area contributed by atoms with Gasteiger partial charge in [0.15, 0.2) is 11.5 Å². The SMILES string of the molecule is COc1cccc(/C=C2\SC(=O)N(CC(=O)N3CCCCC3)C2=O)c1OC(C)C. The number of carbonyl (C=O) groups is 3. The molecule has 0 spiro atoms. The van der Waals surface area contributed by atoms with Gasteiger partial charge in [0, 0.05) is 18.7 Å². The van der Waals surface area contributed by atoms with E-state index in [0.29, 0.717) is 30.2 Å². The lowest BCUT2D eigenvalue weighted by Crippen LogP contribution is -2.44. The molecule has 3 amide bonds. The maximum atomic E-state index is 12.8. The van der Waals surface area contributed by atoms with Gasteiger partial charge in [-0.3, -0.25) is 19.3 Å². The molecule has 2 aliphatic rings. The number of hydrogen-bond acceptors (Lipinski definition) is 6. The first-order valence-electron chi connectivity index (χ1n) is 9.77. The van der Waals surface area contributed by atoms with E-state index in [2.05, 4.69) is 0 Å². The smallest absolute Gasteiger partial charge is 0.294 e. The summed E-state index contributed by atoms with van der Waals surface area (Å²) >= 11 is 0.838. The van der Waals surface area contributed by atoms with E-state index in [0.717, 1.165) is 35.9 Å². The van der Waals surface area contributed by atoms with E-state index >= 15 is 0 Å². The molecule has 0 unspecified atom stereocenters. The number of benzene rings is 1. The highest BCUT2D eigenvalue weighted by molar-refractivity contribution is 8.18. The summed E-state index contributed by atoms with van der Waals surface area (Å²) in [5.74, 6) is 0.426. The van der Waals surface area contributed by atoms with E-state index in [9.17, 15) is 14.4 Å². The minimum absolute atomic E-state index is 0.0873. The summed E-state index contributed by atoms with van der Waals surface area (Å²) < 4.78 is 11.2. The monoisotopic (exact) mass is 418 g/mol. The molecule has 0 aliphatic carbocycles. The van der Waals surface area contributed by atoms with Crippen molar-refractivity contribution in [2.24, 2.45) is 0 Å². The molecule has 29 heavy (non-hydrogen) atoms. The van der Waals surface area contributed by atoms with Gasteiger partial charge in [0.05, 0.1) is 18.1 Å². The van der Waals surface area contributed by atoms with Gasteiger partial charge < -0.3 is 14.4 Å². The molecule has 2 saturated heterocycles. The fraction of sp³-hybridized carbons (Fsp3) is 0.476. The summed E-state index contributed by atoms with van der Waals surface area (Å²) in [6.45, 7) is 4.96. The van der Waals surface area contributed by atoms with Crippen LogP contribution in [0.15, 0.2) is 23.1 Å². The molecule has 3 rings (SSSR count). The zero-order valence-corrected chi connectivity index (χ0v) is 17.8. The Balaban J connectivity index is 1.80. The first kappa shape index (κ1) is 21.2. The van der Waals surface area contributed by atoms with Gasteiger partial charge in [-0.05, 0) is 57.0 Å². The number of hydrogen-bond donors (Lipinski definition) is 0. The molecule has 0 saturated carbocycles. The van der Waals surface area contributed by atoms with E-state index in [1.165, 1.54) is 0 Å². The number of thioether (sulfide) groups is 1. The van der Waals surface area contributed by atoms with Gasteiger partial charge in [0.2, 0.25) is 5.91 Å². The topological polar surface area (TPSA) is 76.2 Å². The Kier molecular flexibility index (Phi) is 6.84. The summed E-state index contributed by atoms with van der Waals surface area (Å²) in [5.41, 5.74) is 0.644. The molecule has 1 aromatic rings. The van der Waals surface area contributed by atoms with E-state index in [4.69, 9.17) is 9.47 Å². The van der Waals surface area contributed by atoms with Gasteiger partial charge in [-0.25, -0.2) is 0 Å². The van der Waals surface area contributed by atoms with E-state index < -0.39 is 11.1 Å². The van der Waals surface area contributed by atoms with E-state index in [-0.39, 0.29) is 23.5 Å². The summed E-state index contributed by atoms with van der Waals surface area (Å²) in [5, 5.41) is -0.430. The molecule has 2 fully saturated rings.